The minimum Gasteiger partial charge on any atom is -0.379 e. The van der Waals surface area contributed by atoms with Gasteiger partial charge in [-0.3, -0.25) is 14.6 Å². The van der Waals surface area contributed by atoms with Crippen molar-refractivity contribution in [1.82, 2.24) is 10.3 Å². The summed E-state index contributed by atoms with van der Waals surface area (Å²) >= 11 is 2.00. The largest absolute Gasteiger partial charge is 0.416 e. The number of rotatable bonds is 6. The van der Waals surface area contributed by atoms with Crippen LogP contribution in [0.15, 0.2) is 54.7 Å². The molecule has 3 rings (SSSR count). The lowest BCUT2D eigenvalue weighted by molar-refractivity contribution is -0.137. The van der Waals surface area contributed by atoms with Crippen molar-refractivity contribution < 1.29 is 27.9 Å². The maximum atomic E-state index is 13.1. The molecule has 0 aliphatic heterocycles. The third-order valence-corrected chi connectivity index (χ3v) is 6.43. The fourth-order valence-electron chi connectivity index (χ4n) is 3.60. The van der Waals surface area contributed by atoms with E-state index >= 15 is 0 Å². The minimum atomic E-state index is -4.57. The smallest absolute Gasteiger partial charge is 0.379 e. The van der Waals surface area contributed by atoms with Crippen molar-refractivity contribution in [3.05, 3.63) is 91.8 Å². The number of aryl methyl sites for hydroxylation is 1. The Balaban J connectivity index is 1.90. The number of hydrogen-bond donors (Lipinski definition) is 3. The van der Waals surface area contributed by atoms with Gasteiger partial charge in [0.2, 0.25) is 0 Å². The standard InChI is InChI=1S/C26H25F3IN3O3/c1-14(2)32-24(35)22-18(6-5-7-19(22)30)23(34)33-20-9-8-16(12-15(20)3)25(4,36)21-13-17(10-11-31-21)26(27,28)29/h5-14,36H,1-4H3,(H,32,35)(H,33,34). The number of alkyl halides is 3. The first-order valence-corrected chi connectivity index (χ1v) is 12.1. The van der Waals surface area contributed by atoms with Gasteiger partial charge in [0.25, 0.3) is 11.8 Å². The quantitative estimate of drug-likeness (QED) is 0.314. The van der Waals surface area contributed by atoms with Gasteiger partial charge in [0.15, 0.2) is 0 Å². The summed E-state index contributed by atoms with van der Waals surface area (Å²) in [5, 5.41) is 16.6. The van der Waals surface area contributed by atoms with Crippen LogP contribution in [0.5, 0.6) is 0 Å². The molecule has 1 heterocycles. The topological polar surface area (TPSA) is 91.3 Å². The molecule has 0 aliphatic carbocycles. The molecular weight excluding hydrogens is 586 g/mol. The van der Waals surface area contributed by atoms with Gasteiger partial charge >= 0.3 is 6.18 Å². The molecule has 36 heavy (non-hydrogen) atoms. The summed E-state index contributed by atoms with van der Waals surface area (Å²) in [6, 6.07) is 11.1. The maximum Gasteiger partial charge on any atom is 0.416 e. The fourth-order valence-corrected chi connectivity index (χ4v) is 4.34. The lowest BCUT2D eigenvalue weighted by Gasteiger charge is -2.25. The highest BCUT2D eigenvalue weighted by Gasteiger charge is 2.34. The Kier molecular flexibility index (Phi) is 8.09. The molecule has 10 heteroatoms. The van der Waals surface area contributed by atoms with E-state index in [1.807, 2.05) is 36.4 Å². The van der Waals surface area contributed by atoms with Gasteiger partial charge in [-0.15, -0.1) is 0 Å². The number of nitrogens with zero attached hydrogens (tertiary/aromatic N) is 1. The number of carbonyl (C=O) groups excluding carboxylic acids is 2. The van der Waals surface area contributed by atoms with E-state index < -0.39 is 23.2 Å². The molecule has 190 valence electrons. The Labute approximate surface area is 220 Å². The number of carbonyl (C=O) groups is 2. The summed E-state index contributed by atoms with van der Waals surface area (Å²) in [6.45, 7) is 6.69. The van der Waals surface area contributed by atoms with E-state index in [2.05, 4.69) is 15.6 Å². The number of aliphatic hydroxyl groups is 1. The first kappa shape index (κ1) is 27.6. The lowest BCUT2D eigenvalue weighted by atomic mass is 9.90. The number of amides is 2. The fraction of sp³-hybridized carbons (Fsp3) is 0.269. The maximum absolute atomic E-state index is 13.1. The number of benzene rings is 2. The highest BCUT2D eigenvalue weighted by atomic mass is 127. The molecule has 3 aromatic rings. The van der Waals surface area contributed by atoms with Crippen LogP contribution in [0.25, 0.3) is 0 Å². The Hall–Kier alpha value is -2.99. The van der Waals surface area contributed by atoms with Crippen molar-refractivity contribution in [3.8, 4) is 0 Å². The van der Waals surface area contributed by atoms with E-state index in [1.54, 1.807) is 37.3 Å². The van der Waals surface area contributed by atoms with Gasteiger partial charge in [0.05, 0.1) is 22.4 Å². The van der Waals surface area contributed by atoms with Gasteiger partial charge in [-0.25, -0.2) is 0 Å². The van der Waals surface area contributed by atoms with Crippen molar-refractivity contribution in [3.63, 3.8) is 0 Å². The first-order valence-electron chi connectivity index (χ1n) is 11.0. The number of anilines is 1. The van der Waals surface area contributed by atoms with Crippen molar-refractivity contribution in [2.45, 2.75) is 45.5 Å². The molecule has 0 saturated heterocycles. The Morgan fingerprint density at radius 2 is 1.72 bits per heavy atom. The third kappa shape index (κ3) is 6.04. The molecule has 0 fully saturated rings. The van der Waals surface area contributed by atoms with Crippen LogP contribution in [0, 0.1) is 10.5 Å². The Morgan fingerprint density at radius 1 is 1.03 bits per heavy atom. The van der Waals surface area contributed by atoms with Crippen LogP contribution < -0.4 is 10.6 Å². The molecular formula is C26H25F3IN3O3. The van der Waals surface area contributed by atoms with Gasteiger partial charge < -0.3 is 15.7 Å². The highest BCUT2D eigenvalue weighted by molar-refractivity contribution is 14.1. The van der Waals surface area contributed by atoms with Gasteiger partial charge in [-0.2, -0.15) is 13.2 Å². The lowest BCUT2D eigenvalue weighted by Crippen LogP contribution is -2.32. The molecule has 0 spiro atoms. The number of aromatic nitrogens is 1. The molecule has 0 bridgehead atoms. The van der Waals surface area contributed by atoms with E-state index in [0.29, 0.717) is 20.4 Å². The van der Waals surface area contributed by atoms with Crippen LogP contribution >= 0.6 is 22.6 Å². The van der Waals surface area contributed by atoms with Crippen molar-refractivity contribution in [2.75, 3.05) is 5.32 Å². The zero-order valence-corrected chi connectivity index (χ0v) is 22.2. The highest BCUT2D eigenvalue weighted by Crippen LogP contribution is 2.35. The summed E-state index contributed by atoms with van der Waals surface area (Å²) in [4.78, 5) is 29.7. The van der Waals surface area contributed by atoms with E-state index in [-0.39, 0.29) is 28.8 Å². The van der Waals surface area contributed by atoms with Crippen LogP contribution in [-0.2, 0) is 11.8 Å². The first-order chi connectivity index (χ1) is 16.7. The molecule has 0 aliphatic rings. The molecule has 2 aromatic carbocycles. The van der Waals surface area contributed by atoms with E-state index in [4.69, 9.17) is 0 Å². The van der Waals surface area contributed by atoms with Gasteiger partial charge in [0.1, 0.15) is 5.60 Å². The molecule has 2 amide bonds. The van der Waals surface area contributed by atoms with Crippen molar-refractivity contribution in [2.24, 2.45) is 0 Å². The predicted molar refractivity (Wildman–Crippen MR) is 139 cm³/mol. The number of pyridine rings is 1. The SMILES string of the molecule is Cc1cc(C(C)(O)c2cc(C(F)(F)F)ccn2)ccc1NC(=O)c1cccc(I)c1C(=O)NC(C)C. The average molecular weight is 611 g/mol. The van der Waals surface area contributed by atoms with Crippen LogP contribution in [0.3, 0.4) is 0 Å². The summed E-state index contributed by atoms with van der Waals surface area (Å²) in [7, 11) is 0. The Bertz CT molecular complexity index is 1310. The predicted octanol–water partition coefficient (Wildman–Crippen LogP) is 5.66. The number of halogens is 4. The summed E-state index contributed by atoms with van der Waals surface area (Å²) < 4.78 is 40.0. The monoisotopic (exact) mass is 611 g/mol. The van der Waals surface area contributed by atoms with Crippen LogP contribution in [0.1, 0.15) is 63.9 Å². The van der Waals surface area contributed by atoms with Gasteiger partial charge in [0, 0.05) is 21.5 Å². The molecule has 1 atom stereocenters. The zero-order valence-electron chi connectivity index (χ0n) is 20.0. The van der Waals surface area contributed by atoms with E-state index in [9.17, 15) is 27.9 Å². The number of nitrogens with one attached hydrogen (secondary N) is 2. The van der Waals surface area contributed by atoms with Crippen LogP contribution in [-0.4, -0.2) is 27.9 Å². The molecule has 6 nitrogen and oxygen atoms in total. The van der Waals surface area contributed by atoms with E-state index in [1.165, 1.54) is 13.0 Å². The van der Waals surface area contributed by atoms with Crippen LogP contribution in [0.4, 0.5) is 18.9 Å². The summed E-state index contributed by atoms with van der Waals surface area (Å²) in [5.74, 6) is -0.860. The normalized spacial score (nSPS) is 13.3. The second-order valence-electron chi connectivity index (χ2n) is 8.77. The van der Waals surface area contributed by atoms with E-state index in [0.717, 1.165) is 18.3 Å². The second kappa shape index (κ2) is 10.6. The molecule has 1 unspecified atom stereocenters. The minimum absolute atomic E-state index is 0.113. The summed E-state index contributed by atoms with van der Waals surface area (Å²) in [5.41, 5.74) is -1.14. The second-order valence-corrected chi connectivity index (χ2v) is 9.94. The van der Waals surface area contributed by atoms with Crippen LogP contribution in [0.2, 0.25) is 0 Å². The molecule has 3 N–H and O–H groups in total. The molecule has 1 aromatic heterocycles. The summed E-state index contributed by atoms with van der Waals surface area (Å²) in [6.07, 6.45) is -3.57. The molecule has 0 radical (unpaired) electrons. The average Bonchev–Trinajstić information content (AvgIpc) is 2.79. The Morgan fingerprint density at radius 3 is 2.33 bits per heavy atom. The van der Waals surface area contributed by atoms with Gasteiger partial charge in [-0.05, 0) is 91.7 Å². The van der Waals surface area contributed by atoms with Crippen molar-refractivity contribution >= 4 is 40.1 Å². The zero-order chi connectivity index (χ0) is 26.8. The van der Waals surface area contributed by atoms with Crippen molar-refractivity contribution in [1.29, 1.82) is 0 Å². The van der Waals surface area contributed by atoms with Gasteiger partial charge in [-0.1, -0.05) is 18.2 Å². The third-order valence-electron chi connectivity index (χ3n) is 5.53. The number of hydrogen-bond acceptors (Lipinski definition) is 4. The molecule has 0 saturated carbocycles.